The highest BCUT2D eigenvalue weighted by atomic mass is 32.2. The van der Waals surface area contributed by atoms with Gasteiger partial charge in [-0.25, -0.2) is 0 Å². The molecular formula is C18H17F3N4S. The van der Waals surface area contributed by atoms with Gasteiger partial charge < -0.3 is 4.57 Å². The Morgan fingerprint density at radius 1 is 1.00 bits per heavy atom. The second-order valence-corrected chi connectivity index (χ2v) is 6.62. The standard InChI is InChI=1S/C18H17F3N4S/c1-2-11-25-16(14-7-9-22-10-8-14)23-24-17(25)26-12-13-3-5-15(6-4-13)18(19,20)21/h3-10H,2,11-12H2,1H3. The van der Waals surface area contributed by atoms with Crippen LogP contribution in [0.15, 0.2) is 53.9 Å². The second kappa shape index (κ2) is 7.90. The van der Waals surface area contributed by atoms with E-state index in [4.69, 9.17) is 0 Å². The number of rotatable bonds is 6. The van der Waals surface area contributed by atoms with Gasteiger partial charge in [0, 0.05) is 30.3 Å². The first-order valence-corrected chi connectivity index (χ1v) is 9.10. The lowest BCUT2D eigenvalue weighted by molar-refractivity contribution is -0.137. The quantitative estimate of drug-likeness (QED) is 0.562. The average Bonchev–Trinajstić information content (AvgIpc) is 3.03. The van der Waals surface area contributed by atoms with Gasteiger partial charge in [-0.3, -0.25) is 4.98 Å². The van der Waals surface area contributed by atoms with Gasteiger partial charge in [-0.05, 0) is 36.2 Å². The van der Waals surface area contributed by atoms with Crippen LogP contribution in [-0.4, -0.2) is 19.7 Å². The van der Waals surface area contributed by atoms with Crippen LogP contribution >= 0.6 is 11.8 Å². The first kappa shape index (κ1) is 18.4. The number of aromatic nitrogens is 4. The van der Waals surface area contributed by atoms with Crippen molar-refractivity contribution in [3.63, 3.8) is 0 Å². The summed E-state index contributed by atoms with van der Waals surface area (Å²) in [5, 5.41) is 9.29. The van der Waals surface area contributed by atoms with Gasteiger partial charge >= 0.3 is 6.18 Å². The lowest BCUT2D eigenvalue weighted by atomic mass is 10.1. The highest BCUT2D eigenvalue weighted by Gasteiger charge is 2.29. The number of pyridine rings is 1. The van der Waals surface area contributed by atoms with Gasteiger partial charge in [0.15, 0.2) is 11.0 Å². The molecule has 136 valence electrons. The van der Waals surface area contributed by atoms with E-state index in [0.717, 1.165) is 47.2 Å². The number of thioether (sulfide) groups is 1. The molecule has 0 N–H and O–H groups in total. The van der Waals surface area contributed by atoms with E-state index in [1.165, 1.54) is 23.9 Å². The van der Waals surface area contributed by atoms with E-state index >= 15 is 0 Å². The van der Waals surface area contributed by atoms with E-state index in [9.17, 15) is 13.2 Å². The van der Waals surface area contributed by atoms with Gasteiger partial charge in [-0.2, -0.15) is 13.2 Å². The normalized spacial score (nSPS) is 11.7. The number of nitrogens with zero attached hydrogens (tertiary/aromatic N) is 4. The van der Waals surface area contributed by atoms with Crippen molar-refractivity contribution in [2.75, 3.05) is 0 Å². The molecule has 0 aliphatic carbocycles. The summed E-state index contributed by atoms with van der Waals surface area (Å²) >= 11 is 1.46. The van der Waals surface area contributed by atoms with Crippen LogP contribution in [0.25, 0.3) is 11.4 Å². The summed E-state index contributed by atoms with van der Waals surface area (Å²) in [6.07, 6.45) is 0.0149. The van der Waals surface area contributed by atoms with Crippen LogP contribution < -0.4 is 0 Å². The van der Waals surface area contributed by atoms with Gasteiger partial charge in [0.1, 0.15) is 0 Å². The number of hydrogen-bond acceptors (Lipinski definition) is 4. The first-order chi connectivity index (χ1) is 12.5. The summed E-state index contributed by atoms with van der Waals surface area (Å²) in [7, 11) is 0. The molecule has 1 aromatic carbocycles. The third-order valence-electron chi connectivity index (χ3n) is 3.75. The van der Waals surface area contributed by atoms with Crippen LogP contribution in [0.2, 0.25) is 0 Å². The Kier molecular flexibility index (Phi) is 5.61. The molecule has 0 amide bonds. The van der Waals surface area contributed by atoms with Crippen molar-refractivity contribution >= 4 is 11.8 Å². The Bertz CT molecular complexity index is 845. The number of benzene rings is 1. The number of alkyl halides is 3. The van der Waals surface area contributed by atoms with Crippen molar-refractivity contribution in [2.45, 2.75) is 37.0 Å². The van der Waals surface area contributed by atoms with E-state index in [1.54, 1.807) is 12.4 Å². The summed E-state index contributed by atoms with van der Waals surface area (Å²) in [6.45, 7) is 2.83. The molecule has 0 aliphatic rings. The summed E-state index contributed by atoms with van der Waals surface area (Å²) < 4.78 is 40.0. The Morgan fingerprint density at radius 3 is 2.31 bits per heavy atom. The molecule has 0 spiro atoms. The SMILES string of the molecule is CCCn1c(SCc2ccc(C(F)(F)F)cc2)nnc1-c1ccncc1. The molecule has 8 heteroatoms. The fraction of sp³-hybridized carbons (Fsp3) is 0.278. The van der Waals surface area contributed by atoms with E-state index < -0.39 is 11.7 Å². The molecule has 0 aliphatic heterocycles. The van der Waals surface area contributed by atoms with Gasteiger partial charge in [0.05, 0.1) is 5.56 Å². The number of hydrogen-bond donors (Lipinski definition) is 0. The molecular weight excluding hydrogens is 361 g/mol. The van der Waals surface area contributed by atoms with Crippen LogP contribution in [0.3, 0.4) is 0 Å². The second-order valence-electron chi connectivity index (χ2n) is 5.68. The van der Waals surface area contributed by atoms with E-state index in [2.05, 4.69) is 22.1 Å². The molecule has 0 fully saturated rings. The molecule has 0 atom stereocenters. The minimum Gasteiger partial charge on any atom is -0.302 e. The van der Waals surface area contributed by atoms with E-state index in [-0.39, 0.29) is 0 Å². The van der Waals surface area contributed by atoms with Crippen molar-refractivity contribution in [3.05, 3.63) is 59.9 Å². The highest BCUT2D eigenvalue weighted by molar-refractivity contribution is 7.98. The van der Waals surface area contributed by atoms with Crippen LogP contribution in [0.1, 0.15) is 24.5 Å². The fourth-order valence-corrected chi connectivity index (χ4v) is 3.39. The monoisotopic (exact) mass is 378 g/mol. The zero-order valence-electron chi connectivity index (χ0n) is 14.1. The van der Waals surface area contributed by atoms with Crippen molar-refractivity contribution in [3.8, 4) is 11.4 Å². The molecule has 3 aromatic rings. The molecule has 3 rings (SSSR count). The fourth-order valence-electron chi connectivity index (χ4n) is 2.47. The van der Waals surface area contributed by atoms with Gasteiger partial charge in [0.2, 0.25) is 0 Å². The Balaban J connectivity index is 1.77. The maximum absolute atomic E-state index is 12.6. The van der Waals surface area contributed by atoms with Crippen molar-refractivity contribution < 1.29 is 13.2 Å². The molecule has 0 radical (unpaired) electrons. The smallest absolute Gasteiger partial charge is 0.302 e. The predicted molar refractivity (Wildman–Crippen MR) is 94.5 cm³/mol. The highest BCUT2D eigenvalue weighted by Crippen LogP contribution is 2.31. The maximum atomic E-state index is 12.6. The molecule has 4 nitrogen and oxygen atoms in total. The third-order valence-corrected chi connectivity index (χ3v) is 4.79. The maximum Gasteiger partial charge on any atom is 0.416 e. The largest absolute Gasteiger partial charge is 0.416 e. The lowest BCUT2D eigenvalue weighted by Crippen LogP contribution is -2.04. The Morgan fingerprint density at radius 2 is 1.69 bits per heavy atom. The van der Waals surface area contributed by atoms with Crippen molar-refractivity contribution in [1.29, 1.82) is 0 Å². The molecule has 0 bridgehead atoms. The zero-order valence-corrected chi connectivity index (χ0v) is 14.9. The minimum atomic E-state index is -4.31. The molecule has 0 saturated heterocycles. The predicted octanol–water partition coefficient (Wildman–Crippen LogP) is 5.06. The van der Waals surface area contributed by atoms with Crippen molar-refractivity contribution in [2.24, 2.45) is 0 Å². The van der Waals surface area contributed by atoms with Gasteiger partial charge in [-0.1, -0.05) is 30.8 Å². The number of halogens is 3. The minimum absolute atomic E-state index is 0.524. The first-order valence-electron chi connectivity index (χ1n) is 8.11. The van der Waals surface area contributed by atoms with Crippen LogP contribution in [-0.2, 0) is 18.5 Å². The van der Waals surface area contributed by atoms with E-state index in [1.807, 2.05) is 16.7 Å². The zero-order chi connectivity index (χ0) is 18.6. The Hall–Kier alpha value is -2.35. The van der Waals surface area contributed by atoms with Crippen molar-refractivity contribution in [1.82, 2.24) is 19.7 Å². The summed E-state index contributed by atoms with van der Waals surface area (Å²) in [6, 6.07) is 8.96. The van der Waals surface area contributed by atoms with Gasteiger partial charge in [0.25, 0.3) is 0 Å². The van der Waals surface area contributed by atoms with Crippen LogP contribution in [0.5, 0.6) is 0 Å². The van der Waals surface area contributed by atoms with Crippen LogP contribution in [0, 0.1) is 0 Å². The average molecular weight is 378 g/mol. The molecule has 2 aromatic heterocycles. The lowest BCUT2D eigenvalue weighted by Gasteiger charge is -2.09. The third kappa shape index (κ3) is 4.24. The molecule has 0 unspecified atom stereocenters. The topological polar surface area (TPSA) is 43.6 Å². The summed E-state index contributed by atoms with van der Waals surface area (Å²) in [5.74, 6) is 1.29. The molecule has 26 heavy (non-hydrogen) atoms. The molecule has 2 heterocycles. The van der Waals surface area contributed by atoms with Crippen LogP contribution in [0.4, 0.5) is 13.2 Å². The molecule has 0 saturated carbocycles. The van der Waals surface area contributed by atoms with E-state index in [0.29, 0.717) is 5.75 Å². The summed E-state index contributed by atoms with van der Waals surface area (Å²) in [4.78, 5) is 4.01. The van der Waals surface area contributed by atoms with Gasteiger partial charge in [-0.15, -0.1) is 10.2 Å². The summed E-state index contributed by atoms with van der Waals surface area (Å²) in [5.41, 5.74) is 1.10. The Labute approximate surface area is 153 Å².